The summed E-state index contributed by atoms with van der Waals surface area (Å²) < 4.78 is 0. The van der Waals surface area contributed by atoms with Crippen molar-refractivity contribution in [1.29, 1.82) is 0 Å². The van der Waals surface area contributed by atoms with Crippen LogP contribution in [0.1, 0.15) is 51.4 Å². The minimum atomic E-state index is -1.18. The number of likely N-dealkylation sites (tertiary alicyclic amines) is 2. The molecule has 0 aromatic heterocycles. The van der Waals surface area contributed by atoms with Crippen LogP contribution in [-0.4, -0.2) is 92.8 Å². The van der Waals surface area contributed by atoms with Crippen LogP contribution in [0.3, 0.4) is 0 Å². The third-order valence-electron chi connectivity index (χ3n) is 5.94. The smallest absolute Gasteiger partial charge is 0.326 e. The van der Waals surface area contributed by atoms with Crippen molar-refractivity contribution < 1.29 is 39.0 Å². The summed E-state index contributed by atoms with van der Waals surface area (Å²) >= 11 is 0. The van der Waals surface area contributed by atoms with Gasteiger partial charge in [0.25, 0.3) is 0 Å². The van der Waals surface area contributed by atoms with Crippen LogP contribution < -0.4 is 16.8 Å². The Bertz CT molecular complexity index is 803. The first-order valence-corrected chi connectivity index (χ1v) is 10.9. The Balaban J connectivity index is 2.11. The topological polar surface area (TPSA) is 213 Å². The van der Waals surface area contributed by atoms with Gasteiger partial charge < -0.3 is 36.8 Å². The number of carboxylic acid groups (broad SMARTS) is 2. The Morgan fingerprint density at radius 3 is 2.00 bits per heavy atom. The number of amides is 4. The van der Waals surface area contributed by atoms with Crippen LogP contribution in [0.2, 0.25) is 0 Å². The summed E-state index contributed by atoms with van der Waals surface area (Å²) in [6.45, 7) is 0.468. The van der Waals surface area contributed by atoms with Crippen molar-refractivity contribution in [2.75, 3.05) is 13.1 Å². The number of hydrogen-bond acceptors (Lipinski definition) is 7. The molecule has 2 aliphatic rings. The molecule has 2 aliphatic heterocycles. The number of nitrogens with two attached hydrogens (primary N) is 2. The number of rotatable bonds is 11. The molecule has 2 heterocycles. The number of primary amides is 1. The number of carbonyl (C=O) groups excluding carboxylic acids is 4. The zero-order chi connectivity index (χ0) is 24.7. The van der Waals surface area contributed by atoms with E-state index < -0.39 is 59.7 Å². The van der Waals surface area contributed by atoms with Gasteiger partial charge in [-0.15, -0.1) is 0 Å². The minimum Gasteiger partial charge on any atom is -0.481 e. The van der Waals surface area contributed by atoms with E-state index in [4.69, 9.17) is 16.6 Å². The second-order valence-electron chi connectivity index (χ2n) is 8.32. The lowest BCUT2D eigenvalue weighted by Gasteiger charge is -2.30. The molecule has 0 aliphatic carbocycles. The molecule has 184 valence electrons. The van der Waals surface area contributed by atoms with Gasteiger partial charge in [-0.1, -0.05) is 0 Å². The summed E-state index contributed by atoms with van der Waals surface area (Å²) in [5.74, 6) is -4.72. The normalized spacial score (nSPS) is 22.0. The maximum absolute atomic E-state index is 13.0. The molecule has 0 bridgehead atoms. The molecule has 2 rings (SSSR count). The van der Waals surface area contributed by atoms with E-state index in [9.17, 15) is 33.9 Å². The summed E-state index contributed by atoms with van der Waals surface area (Å²) in [6, 6.07) is -4.18. The predicted molar refractivity (Wildman–Crippen MR) is 112 cm³/mol. The van der Waals surface area contributed by atoms with Gasteiger partial charge in [-0.25, -0.2) is 4.79 Å². The average Bonchev–Trinajstić information content (AvgIpc) is 3.43. The molecule has 4 unspecified atom stereocenters. The second kappa shape index (κ2) is 11.6. The highest BCUT2D eigenvalue weighted by molar-refractivity contribution is 5.95. The van der Waals surface area contributed by atoms with E-state index in [-0.39, 0.29) is 45.2 Å². The lowest BCUT2D eigenvalue weighted by Crippen LogP contribution is -2.56. The standard InChI is InChI=1S/C20H31N5O8/c21-11(5-8-16(27)28)18(30)24-9-1-3-13(24)17(29)23-12(6-7-15(22)26)19(31)25-10-2-4-14(25)20(32)33/h11-14H,1-10,21H2,(H2,22,26)(H,23,29)(H,27,28)(H,32,33). The van der Waals surface area contributed by atoms with E-state index in [1.165, 1.54) is 9.80 Å². The Kier molecular flexibility index (Phi) is 9.14. The SMILES string of the molecule is NC(=O)CCC(NC(=O)C1CCCN1C(=O)C(N)CCC(=O)O)C(=O)N1CCCC1C(=O)O. The number of carbonyl (C=O) groups is 6. The van der Waals surface area contributed by atoms with Gasteiger partial charge in [0, 0.05) is 25.9 Å². The molecule has 13 heteroatoms. The maximum Gasteiger partial charge on any atom is 0.326 e. The molecule has 7 N–H and O–H groups in total. The van der Waals surface area contributed by atoms with Gasteiger partial charge >= 0.3 is 11.9 Å². The quantitative estimate of drug-likeness (QED) is 0.226. The molecule has 13 nitrogen and oxygen atoms in total. The Labute approximate surface area is 190 Å². The van der Waals surface area contributed by atoms with Gasteiger partial charge in [0.15, 0.2) is 0 Å². The molecule has 0 radical (unpaired) electrons. The number of carboxylic acids is 2. The number of hydrogen-bond donors (Lipinski definition) is 5. The third kappa shape index (κ3) is 6.88. The summed E-state index contributed by atoms with van der Waals surface area (Å²) in [7, 11) is 0. The summed E-state index contributed by atoms with van der Waals surface area (Å²) in [6.07, 6.45) is 0.947. The van der Waals surface area contributed by atoms with Crippen molar-refractivity contribution in [1.82, 2.24) is 15.1 Å². The van der Waals surface area contributed by atoms with Crippen LogP contribution in [0.4, 0.5) is 0 Å². The molecule has 2 saturated heterocycles. The van der Waals surface area contributed by atoms with Crippen molar-refractivity contribution in [2.45, 2.75) is 75.5 Å². The van der Waals surface area contributed by atoms with Crippen LogP contribution in [0.25, 0.3) is 0 Å². The van der Waals surface area contributed by atoms with Crippen molar-refractivity contribution in [2.24, 2.45) is 11.5 Å². The van der Waals surface area contributed by atoms with Gasteiger partial charge in [-0.2, -0.15) is 0 Å². The number of nitrogens with zero attached hydrogens (tertiary/aromatic N) is 2. The lowest BCUT2D eigenvalue weighted by molar-refractivity contribution is -0.150. The van der Waals surface area contributed by atoms with E-state index in [0.717, 1.165) is 0 Å². The van der Waals surface area contributed by atoms with E-state index >= 15 is 0 Å². The van der Waals surface area contributed by atoms with Crippen LogP contribution in [0, 0.1) is 0 Å². The predicted octanol–water partition coefficient (Wildman–Crippen LogP) is -2.00. The zero-order valence-corrected chi connectivity index (χ0v) is 18.3. The van der Waals surface area contributed by atoms with Gasteiger partial charge in [0.1, 0.15) is 18.1 Å². The summed E-state index contributed by atoms with van der Waals surface area (Å²) in [4.78, 5) is 74.6. The Morgan fingerprint density at radius 1 is 0.879 bits per heavy atom. The highest BCUT2D eigenvalue weighted by Crippen LogP contribution is 2.22. The Morgan fingerprint density at radius 2 is 1.45 bits per heavy atom. The first kappa shape index (κ1) is 26.0. The van der Waals surface area contributed by atoms with Crippen molar-refractivity contribution >= 4 is 35.6 Å². The van der Waals surface area contributed by atoms with Crippen molar-refractivity contribution in [3.05, 3.63) is 0 Å². The first-order valence-electron chi connectivity index (χ1n) is 10.9. The zero-order valence-electron chi connectivity index (χ0n) is 18.3. The number of nitrogens with one attached hydrogen (secondary N) is 1. The van der Waals surface area contributed by atoms with E-state index in [1.807, 2.05) is 0 Å². The molecular formula is C20H31N5O8. The lowest BCUT2D eigenvalue weighted by atomic mass is 10.1. The average molecular weight is 469 g/mol. The summed E-state index contributed by atoms with van der Waals surface area (Å²) in [5.41, 5.74) is 11.0. The highest BCUT2D eigenvalue weighted by Gasteiger charge is 2.40. The fraction of sp³-hybridized carbons (Fsp3) is 0.700. The number of aliphatic carboxylic acids is 2. The van der Waals surface area contributed by atoms with Gasteiger partial charge in [-0.05, 0) is 38.5 Å². The van der Waals surface area contributed by atoms with Crippen molar-refractivity contribution in [3.63, 3.8) is 0 Å². The maximum atomic E-state index is 13.0. The molecule has 0 saturated carbocycles. The molecule has 33 heavy (non-hydrogen) atoms. The summed E-state index contributed by atoms with van der Waals surface area (Å²) in [5, 5.41) is 20.7. The van der Waals surface area contributed by atoms with Crippen LogP contribution >= 0.6 is 0 Å². The van der Waals surface area contributed by atoms with Gasteiger partial charge in [0.05, 0.1) is 6.04 Å². The fourth-order valence-electron chi connectivity index (χ4n) is 4.22. The third-order valence-corrected chi connectivity index (χ3v) is 5.94. The molecule has 0 aromatic rings. The molecular weight excluding hydrogens is 438 g/mol. The van der Waals surface area contributed by atoms with Gasteiger partial charge in [0.2, 0.25) is 23.6 Å². The fourth-order valence-corrected chi connectivity index (χ4v) is 4.22. The first-order chi connectivity index (χ1) is 15.5. The van der Waals surface area contributed by atoms with E-state index in [0.29, 0.717) is 19.3 Å². The van der Waals surface area contributed by atoms with Crippen LogP contribution in [0.15, 0.2) is 0 Å². The van der Waals surface area contributed by atoms with Crippen LogP contribution in [0.5, 0.6) is 0 Å². The highest BCUT2D eigenvalue weighted by atomic mass is 16.4. The van der Waals surface area contributed by atoms with E-state index in [2.05, 4.69) is 5.32 Å². The largest absolute Gasteiger partial charge is 0.481 e. The molecule has 0 aromatic carbocycles. The molecule has 4 amide bonds. The van der Waals surface area contributed by atoms with Crippen LogP contribution in [-0.2, 0) is 28.8 Å². The van der Waals surface area contributed by atoms with Crippen molar-refractivity contribution in [3.8, 4) is 0 Å². The molecule has 0 spiro atoms. The minimum absolute atomic E-state index is 0.0791. The van der Waals surface area contributed by atoms with E-state index in [1.54, 1.807) is 0 Å². The Hall–Kier alpha value is -3.22. The molecule has 2 fully saturated rings. The second-order valence-corrected chi connectivity index (χ2v) is 8.32. The van der Waals surface area contributed by atoms with Gasteiger partial charge in [-0.3, -0.25) is 24.0 Å². The molecule has 4 atom stereocenters. The monoisotopic (exact) mass is 469 g/mol.